The van der Waals surface area contributed by atoms with Crippen molar-refractivity contribution in [1.29, 1.82) is 0 Å². The standard InChI is InChI=1S/C15H15ClN2O3/c1-21-13-5-3-9-11(18-13)4-2-10(14(9)16)12-6-8(7-17-12)15(19)20/h2-5,8,12,17H,6-7H2,1H3,(H,19,20). The number of pyridine rings is 1. The number of benzene rings is 1. The van der Waals surface area contributed by atoms with Crippen LogP contribution in [-0.4, -0.2) is 29.7 Å². The maximum Gasteiger partial charge on any atom is 0.307 e. The van der Waals surface area contributed by atoms with Crippen molar-refractivity contribution in [3.05, 3.63) is 34.9 Å². The minimum atomic E-state index is -0.770. The molecule has 0 spiro atoms. The summed E-state index contributed by atoms with van der Waals surface area (Å²) in [5.41, 5.74) is 1.68. The van der Waals surface area contributed by atoms with Crippen molar-refractivity contribution in [2.24, 2.45) is 5.92 Å². The molecular weight excluding hydrogens is 292 g/mol. The van der Waals surface area contributed by atoms with E-state index in [1.54, 1.807) is 13.2 Å². The zero-order chi connectivity index (χ0) is 15.0. The lowest BCUT2D eigenvalue weighted by atomic mass is 9.98. The van der Waals surface area contributed by atoms with E-state index in [0.717, 1.165) is 16.5 Å². The first-order valence-corrected chi connectivity index (χ1v) is 7.07. The molecule has 0 saturated carbocycles. The minimum absolute atomic E-state index is 0.0369. The molecule has 5 nitrogen and oxygen atoms in total. The van der Waals surface area contributed by atoms with E-state index in [9.17, 15) is 4.79 Å². The normalized spacial score (nSPS) is 21.6. The topological polar surface area (TPSA) is 71.5 Å². The average molecular weight is 307 g/mol. The van der Waals surface area contributed by atoms with Crippen molar-refractivity contribution < 1.29 is 14.6 Å². The highest BCUT2D eigenvalue weighted by Crippen LogP contribution is 2.36. The molecule has 0 amide bonds. The molecule has 1 aliphatic heterocycles. The number of hydrogen-bond donors (Lipinski definition) is 2. The molecule has 0 radical (unpaired) electrons. The fraction of sp³-hybridized carbons (Fsp3) is 0.333. The summed E-state index contributed by atoms with van der Waals surface area (Å²) in [5.74, 6) is -0.597. The fourth-order valence-electron chi connectivity index (χ4n) is 2.71. The van der Waals surface area contributed by atoms with Crippen LogP contribution in [0.5, 0.6) is 5.88 Å². The molecule has 1 aromatic heterocycles. The average Bonchev–Trinajstić information content (AvgIpc) is 2.97. The first-order valence-electron chi connectivity index (χ1n) is 6.69. The lowest BCUT2D eigenvalue weighted by molar-refractivity contribution is -0.141. The molecule has 110 valence electrons. The van der Waals surface area contributed by atoms with Crippen molar-refractivity contribution >= 4 is 28.5 Å². The Balaban J connectivity index is 1.97. The van der Waals surface area contributed by atoms with Crippen LogP contribution in [0.3, 0.4) is 0 Å². The number of carboxylic acid groups (broad SMARTS) is 1. The summed E-state index contributed by atoms with van der Waals surface area (Å²) in [6.45, 7) is 0.467. The zero-order valence-electron chi connectivity index (χ0n) is 11.5. The zero-order valence-corrected chi connectivity index (χ0v) is 12.2. The first kappa shape index (κ1) is 14.1. The quantitative estimate of drug-likeness (QED) is 0.912. The van der Waals surface area contributed by atoms with Gasteiger partial charge in [-0.15, -0.1) is 0 Å². The molecule has 1 aromatic carbocycles. The van der Waals surface area contributed by atoms with Crippen LogP contribution in [0.2, 0.25) is 5.02 Å². The number of hydrogen-bond acceptors (Lipinski definition) is 4. The van der Waals surface area contributed by atoms with E-state index in [1.165, 1.54) is 0 Å². The van der Waals surface area contributed by atoms with Gasteiger partial charge in [-0.2, -0.15) is 0 Å². The van der Waals surface area contributed by atoms with Gasteiger partial charge in [0.05, 0.1) is 23.6 Å². The predicted octanol–water partition coefficient (Wildman–Crippen LogP) is 2.63. The van der Waals surface area contributed by atoms with Gasteiger partial charge >= 0.3 is 5.97 Å². The van der Waals surface area contributed by atoms with Crippen LogP contribution in [0.15, 0.2) is 24.3 Å². The molecule has 2 N–H and O–H groups in total. The molecule has 1 aliphatic rings. The van der Waals surface area contributed by atoms with E-state index >= 15 is 0 Å². The summed E-state index contributed by atoms with van der Waals surface area (Å²) in [6.07, 6.45) is 0.546. The van der Waals surface area contributed by atoms with E-state index in [0.29, 0.717) is 23.9 Å². The van der Waals surface area contributed by atoms with Crippen molar-refractivity contribution in [2.45, 2.75) is 12.5 Å². The highest BCUT2D eigenvalue weighted by Gasteiger charge is 2.31. The Kier molecular flexibility index (Phi) is 3.69. The number of carboxylic acids is 1. The van der Waals surface area contributed by atoms with E-state index in [1.807, 2.05) is 18.2 Å². The van der Waals surface area contributed by atoms with Crippen LogP contribution < -0.4 is 10.1 Å². The highest BCUT2D eigenvalue weighted by atomic mass is 35.5. The Bertz CT molecular complexity index is 705. The molecule has 1 fully saturated rings. The second kappa shape index (κ2) is 5.50. The van der Waals surface area contributed by atoms with Crippen LogP contribution in [-0.2, 0) is 4.79 Å². The summed E-state index contributed by atoms with van der Waals surface area (Å²) >= 11 is 6.48. The minimum Gasteiger partial charge on any atom is -0.481 e. The van der Waals surface area contributed by atoms with Gasteiger partial charge in [-0.25, -0.2) is 4.98 Å². The van der Waals surface area contributed by atoms with Gasteiger partial charge in [0.1, 0.15) is 0 Å². The van der Waals surface area contributed by atoms with E-state index in [4.69, 9.17) is 21.4 Å². The van der Waals surface area contributed by atoms with E-state index < -0.39 is 5.97 Å². The van der Waals surface area contributed by atoms with Crippen LogP contribution >= 0.6 is 11.6 Å². The summed E-state index contributed by atoms with van der Waals surface area (Å²) in [4.78, 5) is 15.4. The van der Waals surface area contributed by atoms with Crippen molar-refractivity contribution in [2.75, 3.05) is 13.7 Å². The summed E-state index contributed by atoms with van der Waals surface area (Å²) in [5, 5.41) is 13.8. The Morgan fingerprint density at radius 1 is 1.43 bits per heavy atom. The van der Waals surface area contributed by atoms with Crippen molar-refractivity contribution in [3.8, 4) is 5.88 Å². The Labute approximate surface area is 126 Å². The molecular formula is C15H15ClN2O3. The van der Waals surface area contributed by atoms with Gasteiger partial charge in [0.25, 0.3) is 0 Å². The van der Waals surface area contributed by atoms with Crippen molar-refractivity contribution in [1.82, 2.24) is 10.3 Å². The van der Waals surface area contributed by atoms with Gasteiger partial charge in [0.2, 0.25) is 5.88 Å². The number of ether oxygens (including phenoxy) is 1. The van der Waals surface area contributed by atoms with Crippen LogP contribution in [0.4, 0.5) is 0 Å². The van der Waals surface area contributed by atoms with E-state index in [-0.39, 0.29) is 12.0 Å². The Morgan fingerprint density at radius 2 is 2.24 bits per heavy atom. The fourth-order valence-corrected chi connectivity index (χ4v) is 3.06. The second-order valence-electron chi connectivity index (χ2n) is 5.12. The van der Waals surface area contributed by atoms with Crippen molar-refractivity contribution in [3.63, 3.8) is 0 Å². The monoisotopic (exact) mass is 306 g/mol. The number of methoxy groups -OCH3 is 1. The number of aliphatic carboxylic acids is 1. The second-order valence-corrected chi connectivity index (χ2v) is 5.50. The lowest BCUT2D eigenvalue weighted by Crippen LogP contribution is -2.17. The van der Waals surface area contributed by atoms with Gasteiger partial charge in [-0.3, -0.25) is 4.79 Å². The molecule has 2 aromatic rings. The predicted molar refractivity (Wildman–Crippen MR) is 79.8 cm³/mol. The molecule has 0 bridgehead atoms. The lowest BCUT2D eigenvalue weighted by Gasteiger charge is -2.14. The van der Waals surface area contributed by atoms with Gasteiger partial charge < -0.3 is 15.2 Å². The maximum absolute atomic E-state index is 11.0. The third kappa shape index (κ3) is 2.54. The van der Waals surface area contributed by atoms with Crippen LogP contribution in [0, 0.1) is 5.92 Å². The summed E-state index contributed by atoms with van der Waals surface area (Å²) < 4.78 is 5.10. The largest absolute Gasteiger partial charge is 0.481 e. The summed E-state index contributed by atoms with van der Waals surface area (Å²) in [6, 6.07) is 7.38. The van der Waals surface area contributed by atoms with Crippen LogP contribution in [0.1, 0.15) is 18.0 Å². The number of aromatic nitrogens is 1. The van der Waals surface area contributed by atoms with Gasteiger partial charge in [-0.1, -0.05) is 17.7 Å². The molecule has 1 saturated heterocycles. The Morgan fingerprint density at radius 3 is 2.90 bits per heavy atom. The smallest absolute Gasteiger partial charge is 0.307 e. The van der Waals surface area contributed by atoms with Gasteiger partial charge in [0.15, 0.2) is 0 Å². The molecule has 0 aliphatic carbocycles. The first-order chi connectivity index (χ1) is 10.1. The molecule has 2 heterocycles. The number of halogens is 1. The third-order valence-electron chi connectivity index (χ3n) is 3.87. The number of fused-ring (bicyclic) bond motifs is 1. The number of rotatable bonds is 3. The SMILES string of the molecule is COc1ccc2c(Cl)c(C3CC(C(=O)O)CN3)ccc2n1. The molecule has 2 unspecified atom stereocenters. The highest BCUT2D eigenvalue weighted by molar-refractivity contribution is 6.36. The van der Waals surface area contributed by atoms with Gasteiger partial charge in [-0.05, 0) is 24.1 Å². The van der Waals surface area contributed by atoms with Crippen LogP contribution in [0.25, 0.3) is 10.9 Å². The molecule has 3 rings (SSSR count). The van der Waals surface area contributed by atoms with Gasteiger partial charge in [0, 0.05) is 24.0 Å². The molecule has 2 atom stereocenters. The maximum atomic E-state index is 11.0. The molecule has 6 heteroatoms. The Hall–Kier alpha value is -1.85. The number of nitrogens with zero attached hydrogens (tertiary/aromatic N) is 1. The number of nitrogens with one attached hydrogen (secondary N) is 1. The molecule has 21 heavy (non-hydrogen) atoms. The third-order valence-corrected chi connectivity index (χ3v) is 4.30. The summed E-state index contributed by atoms with van der Waals surface area (Å²) in [7, 11) is 1.57. The number of carbonyl (C=O) groups is 1. The van der Waals surface area contributed by atoms with E-state index in [2.05, 4.69) is 10.3 Å².